The van der Waals surface area contributed by atoms with E-state index in [2.05, 4.69) is 10.1 Å². The van der Waals surface area contributed by atoms with E-state index in [0.29, 0.717) is 12.4 Å². The average Bonchev–Trinajstić information content (AvgIpc) is 2.67. The standard InChI is InChI=1S/C8H12N2O3/c11-4-7-9-8(10-13-7)6-2-1-3-12-5-6/h6,11H,1-5H2. The van der Waals surface area contributed by atoms with E-state index in [-0.39, 0.29) is 18.4 Å². The summed E-state index contributed by atoms with van der Waals surface area (Å²) in [7, 11) is 0. The molecule has 2 heterocycles. The van der Waals surface area contributed by atoms with Gasteiger partial charge in [0.1, 0.15) is 6.61 Å². The first kappa shape index (κ1) is 8.65. The zero-order valence-electron chi connectivity index (χ0n) is 7.27. The maximum absolute atomic E-state index is 8.72. The number of aliphatic hydroxyl groups excluding tert-OH is 1. The molecule has 1 unspecified atom stereocenters. The van der Waals surface area contributed by atoms with Crippen LogP contribution in [0.2, 0.25) is 0 Å². The lowest BCUT2D eigenvalue weighted by Gasteiger charge is -2.18. The molecule has 0 spiro atoms. The van der Waals surface area contributed by atoms with Crippen LogP contribution in [0.4, 0.5) is 0 Å². The fourth-order valence-corrected chi connectivity index (χ4v) is 1.44. The molecular weight excluding hydrogens is 172 g/mol. The van der Waals surface area contributed by atoms with E-state index in [4.69, 9.17) is 14.4 Å². The van der Waals surface area contributed by atoms with Gasteiger partial charge in [-0.2, -0.15) is 4.98 Å². The zero-order valence-corrected chi connectivity index (χ0v) is 7.27. The van der Waals surface area contributed by atoms with Gasteiger partial charge >= 0.3 is 0 Å². The van der Waals surface area contributed by atoms with E-state index in [1.54, 1.807) is 0 Å². The van der Waals surface area contributed by atoms with Crippen LogP contribution in [0.5, 0.6) is 0 Å². The van der Waals surface area contributed by atoms with Crippen molar-refractivity contribution in [1.82, 2.24) is 10.1 Å². The first-order chi connectivity index (χ1) is 6.40. The van der Waals surface area contributed by atoms with Crippen LogP contribution in [0, 0.1) is 0 Å². The van der Waals surface area contributed by atoms with Crippen LogP contribution in [-0.2, 0) is 11.3 Å². The summed E-state index contributed by atoms with van der Waals surface area (Å²) in [5, 5.41) is 12.5. The van der Waals surface area contributed by atoms with Crippen LogP contribution in [0.15, 0.2) is 4.52 Å². The second-order valence-electron chi connectivity index (χ2n) is 3.12. The lowest BCUT2D eigenvalue weighted by atomic mass is 10.0. The maximum Gasteiger partial charge on any atom is 0.252 e. The first-order valence-corrected chi connectivity index (χ1v) is 4.41. The average molecular weight is 184 g/mol. The van der Waals surface area contributed by atoms with Crippen molar-refractivity contribution in [1.29, 1.82) is 0 Å². The van der Waals surface area contributed by atoms with Gasteiger partial charge in [0.15, 0.2) is 5.82 Å². The Hall–Kier alpha value is -0.940. The molecule has 5 heteroatoms. The fraction of sp³-hybridized carbons (Fsp3) is 0.750. The molecule has 1 aliphatic rings. The fourth-order valence-electron chi connectivity index (χ4n) is 1.44. The van der Waals surface area contributed by atoms with Gasteiger partial charge in [-0.05, 0) is 12.8 Å². The molecule has 0 radical (unpaired) electrons. The lowest BCUT2D eigenvalue weighted by Crippen LogP contribution is -2.16. The molecule has 1 fully saturated rings. The molecule has 1 N–H and O–H groups in total. The van der Waals surface area contributed by atoms with Crippen LogP contribution < -0.4 is 0 Å². The molecule has 0 amide bonds. The summed E-state index contributed by atoms with van der Waals surface area (Å²) < 4.78 is 10.1. The highest BCUT2D eigenvalue weighted by Crippen LogP contribution is 2.22. The molecule has 1 aromatic heterocycles. The van der Waals surface area contributed by atoms with E-state index in [0.717, 1.165) is 19.4 Å². The predicted octanol–water partition coefficient (Wildman–Crippen LogP) is 0.456. The molecular formula is C8H12N2O3. The number of aliphatic hydroxyl groups is 1. The van der Waals surface area contributed by atoms with E-state index in [1.807, 2.05) is 0 Å². The number of hydrogen-bond donors (Lipinski definition) is 1. The molecule has 1 saturated heterocycles. The van der Waals surface area contributed by atoms with Gasteiger partial charge < -0.3 is 14.4 Å². The number of rotatable bonds is 2. The van der Waals surface area contributed by atoms with E-state index in [9.17, 15) is 0 Å². The number of nitrogens with zero attached hydrogens (tertiary/aromatic N) is 2. The Balaban J connectivity index is 2.05. The minimum atomic E-state index is -0.194. The summed E-state index contributed by atoms with van der Waals surface area (Å²) in [4.78, 5) is 4.04. The van der Waals surface area contributed by atoms with Gasteiger partial charge in [0.25, 0.3) is 5.89 Å². The van der Waals surface area contributed by atoms with E-state index < -0.39 is 0 Å². The molecule has 2 rings (SSSR count). The molecule has 0 bridgehead atoms. The predicted molar refractivity (Wildman–Crippen MR) is 43.0 cm³/mol. The van der Waals surface area contributed by atoms with Crippen molar-refractivity contribution in [2.24, 2.45) is 0 Å². The van der Waals surface area contributed by atoms with Crippen LogP contribution in [-0.4, -0.2) is 28.5 Å². The van der Waals surface area contributed by atoms with Gasteiger partial charge in [-0.3, -0.25) is 0 Å². The minimum absolute atomic E-state index is 0.194. The topological polar surface area (TPSA) is 68.4 Å². The molecule has 72 valence electrons. The van der Waals surface area contributed by atoms with Crippen molar-refractivity contribution in [3.63, 3.8) is 0 Å². The SMILES string of the molecule is OCc1nc(C2CCCOC2)no1. The summed E-state index contributed by atoms with van der Waals surface area (Å²) in [5.41, 5.74) is 0. The molecule has 0 aliphatic carbocycles. The van der Waals surface area contributed by atoms with Gasteiger partial charge in [-0.25, -0.2) is 0 Å². The molecule has 13 heavy (non-hydrogen) atoms. The summed E-state index contributed by atoms with van der Waals surface area (Å²) in [6, 6.07) is 0. The Kier molecular flexibility index (Phi) is 2.56. The van der Waals surface area contributed by atoms with Gasteiger partial charge in [-0.15, -0.1) is 0 Å². The summed E-state index contributed by atoms with van der Waals surface area (Å²) in [6.45, 7) is 1.28. The monoisotopic (exact) mass is 184 g/mol. The van der Waals surface area contributed by atoms with Gasteiger partial charge in [0.2, 0.25) is 0 Å². The Bertz CT molecular complexity index is 268. The van der Waals surface area contributed by atoms with Gasteiger partial charge in [-0.1, -0.05) is 5.16 Å². The van der Waals surface area contributed by atoms with Crippen molar-refractivity contribution in [3.05, 3.63) is 11.7 Å². The summed E-state index contributed by atoms with van der Waals surface area (Å²) >= 11 is 0. The smallest absolute Gasteiger partial charge is 0.252 e. The molecule has 1 aromatic rings. The Morgan fingerprint density at radius 3 is 3.08 bits per heavy atom. The molecule has 0 aromatic carbocycles. The number of aromatic nitrogens is 2. The Morgan fingerprint density at radius 1 is 1.54 bits per heavy atom. The minimum Gasteiger partial charge on any atom is -0.387 e. The maximum atomic E-state index is 8.72. The third kappa shape index (κ3) is 1.87. The summed E-state index contributed by atoms with van der Waals surface area (Å²) in [5.74, 6) is 1.17. The van der Waals surface area contributed by atoms with E-state index >= 15 is 0 Å². The van der Waals surface area contributed by atoms with Crippen LogP contribution in [0.1, 0.15) is 30.5 Å². The van der Waals surface area contributed by atoms with Crippen molar-refractivity contribution < 1.29 is 14.4 Å². The number of hydrogen-bond acceptors (Lipinski definition) is 5. The third-order valence-electron chi connectivity index (χ3n) is 2.14. The first-order valence-electron chi connectivity index (χ1n) is 4.41. The molecule has 1 atom stereocenters. The highest BCUT2D eigenvalue weighted by molar-refractivity contribution is 4.95. The largest absolute Gasteiger partial charge is 0.387 e. The van der Waals surface area contributed by atoms with Gasteiger partial charge in [0, 0.05) is 12.5 Å². The number of ether oxygens (including phenoxy) is 1. The third-order valence-corrected chi connectivity index (χ3v) is 2.14. The van der Waals surface area contributed by atoms with Crippen LogP contribution in [0.25, 0.3) is 0 Å². The molecule has 0 saturated carbocycles. The Morgan fingerprint density at radius 2 is 2.46 bits per heavy atom. The normalized spacial score (nSPS) is 23.3. The van der Waals surface area contributed by atoms with Crippen LogP contribution >= 0.6 is 0 Å². The quantitative estimate of drug-likeness (QED) is 0.723. The lowest BCUT2D eigenvalue weighted by molar-refractivity contribution is 0.0773. The Labute approximate surface area is 75.7 Å². The van der Waals surface area contributed by atoms with Crippen molar-refractivity contribution in [3.8, 4) is 0 Å². The van der Waals surface area contributed by atoms with Crippen molar-refractivity contribution in [2.45, 2.75) is 25.4 Å². The van der Waals surface area contributed by atoms with Gasteiger partial charge in [0.05, 0.1) is 6.61 Å². The summed E-state index contributed by atoms with van der Waals surface area (Å²) in [6.07, 6.45) is 2.07. The second kappa shape index (κ2) is 3.85. The molecule has 1 aliphatic heterocycles. The van der Waals surface area contributed by atoms with Crippen molar-refractivity contribution >= 4 is 0 Å². The van der Waals surface area contributed by atoms with Crippen molar-refractivity contribution in [2.75, 3.05) is 13.2 Å². The second-order valence-corrected chi connectivity index (χ2v) is 3.12. The highest BCUT2D eigenvalue weighted by Gasteiger charge is 2.21. The van der Waals surface area contributed by atoms with E-state index in [1.165, 1.54) is 0 Å². The highest BCUT2D eigenvalue weighted by atomic mass is 16.5. The van der Waals surface area contributed by atoms with Crippen LogP contribution in [0.3, 0.4) is 0 Å². The zero-order chi connectivity index (χ0) is 9.10. The molecule has 5 nitrogen and oxygen atoms in total.